The minimum atomic E-state index is 0.845. The highest BCUT2D eigenvalue weighted by Gasteiger charge is 1.98. The van der Waals surface area contributed by atoms with Gasteiger partial charge >= 0.3 is 0 Å². The Bertz CT molecular complexity index is 383. The van der Waals surface area contributed by atoms with Crippen molar-refractivity contribution in [3.05, 3.63) is 18.0 Å². The van der Waals surface area contributed by atoms with Crippen LogP contribution < -0.4 is 10.6 Å². The van der Waals surface area contributed by atoms with Crippen molar-refractivity contribution in [2.75, 3.05) is 19.6 Å². The highest BCUT2D eigenvalue weighted by Crippen LogP contribution is 2.00. The van der Waals surface area contributed by atoms with Gasteiger partial charge in [0.05, 0.1) is 6.20 Å². The van der Waals surface area contributed by atoms with Crippen LogP contribution in [-0.4, -0.2) is 35.4 Å². The van der Waals surface area contributed by atoms with Crippen LogP contribution in [0.4, 0.5) is 0 Å². The first-order valence-corrected chi connectivity index (χ1v) is 7.76. The second-order valence-electron chi connectivity index (χ2n) is 5.02. The summed E-state index contributed by atoms with van der Waals surface area (Å²) in [5, 5.41) is 10.8. The Hall–Kier alpha value is -1.52. The second kappa shape index (κ2) is 10.3. The van der Waals surface area contributed by atoms with Crippen molar-refractivity contribution in [1.29, 1.82) is 0 Å². The Labute approximate surface area is 122 Å². The molecule has 5 nitrogen and oxygen atoms in total. The van der Waals surface area contributed by atoms with Crippen LogP contribution in [0, 0.1) is 0 Å². The summed E-state index contributed by atoms with van der Waals surface area (Å²) in [6.45, 7) is 7.07. The standard InChI is InChI=1S/C15H29N5/c1-4-6-7-10-17-15(16-5-2)18-11-8-9-14-12-19-20(3)13-14/h12-13H,4-11H2,1-3H3,(H2,16,17,18). The smallest absolute Gasteiger partial charge is 0.191 e. The van der Waals surface area contributed by atoms with E-state index < -0.39 is 0 Å². The van der Waals surface area contributed by atoms with Crippen LogP contribution in [0.15, 0.2) is 17.4 Å². The molecule has 0 saturated carbocycles. The maximum absolute atomic E-state index is 4.60. The lowest BCUT2D eigenvalue weighted by molar-refractivity contribution is 0.681. The Morgan fingerprint density at radius 3 is 2.75 bits per heavy atom. The summed E-state index contributed by atoms with van der Waals surface area (Å²) in [6.07, 6.45) is 9.81. The van der Waals surface area contributed by atoms with Crippen molar-refractivity contribution in [3.63, 3.8) is 0 Å². The number of nitrogens with zero attached hydrogens (tertiary/aromatic N) is 3. The molecule has 0 aliphatic heterocycles. The monoisotopic (exact) mass is 279 g/mol. The minimum Gasteiger partial charge on any atom is -0.357 e. The van der Waals surface area contributed by atoms with Gasteiger partial charge in [0.1, 0.15) is 0 Å². The first-order chi connectivity index (χ1) is 9.76. The van der Waals surface area contributed by atoms with Crippen LogP contribution in [-0.2, 0) is 13.5 Å². The molecular weight excluding hydrogens is 250 g/mol. The van der Waals surface area contributed by atoms with E-state index in [9.17, 15) is 0 Å². The fraction of sp³-hybridized carbons (Fsp3) is 0.733. The van der Waals surface area contributed by atoms with Gasteiger partial charge in [0.2, 0.25) is 0 Å². The third-order valence-corrected chi connectivity index (χ3v) is 3.07. The van der Waals surface area contributed by atoms with E-state index in [0.29, 0.717) is 0 Å². The van der Waals surface area contributed by atoms with Crippen molar-refractivity contribution in [3.8, 4) is 0 Å². The molecule has 0 aromatic carbocycles. The highest BCUT2D eigenvalue weighted by atomic mass is 15.2. The number of rotatable bonds is 9. The van der Waals surface area contributed by atoms with Gasteiger partial charge in [-0.05, 0) is 31.7 Å². The highest BCUT2D eigenvalue weighted by molar-refractivity contribution is 5.79. The van der Waals surface area contributed by atoms with Crippen LogP contribution in [0.25, 0.3) is 0 Å². The zero-order valence-electron chi connectivity index (χ0n) is 13.2. The zero-order chi connectivity index (χ0) is 14.6. The number of guanidine groups is 1. The Kier molecular flexibility index (Phi) is 8.51. The van der Waals surface area contributed by atoms with Crippen LogP contribution >= 0.6 is 0 Å². The fourth-order valence-corrected chi connectivity index (χ4v) is 2.00. The summed E-state index contributed by atoms with van der Waals surface area (Å²) in [5.41, 5.74) is 1.28. The van der Waals surface area contributed by atoms with Gasteiger partial charge in [0, 0.05) is 32.9 Å². The maximum atomic E-state index is 4.60. The largest absolute Gasteiger partial charge is 0.357 e. The van der Waals surface area contributed by atoms with E-state index in [1.54, 1.807) is 0 Å². The molecule has 0 aliphatic rings. The number of aryl methyl sites for hydroxylation is 2. The predicted octanol–water partition coefficient (Wildman–Crippen LogP) is 2.10. The number of aliphatic imine (C=N–C) groups is 1. The van der Waals surface area contributed by atoms with Crippen molar-refractivity contribution in [1.82, 2.24) is 20.4 Å². The minimum absolute atomic E-state index is 0.845. The molecule has 114 valence electrons. The molecule has 1 heterocycles. The van der Waals surface area contributed by atoms with Crippen LogP contribution in [0.5, 0.6) is 0 Å². The van der Waals surface area contributed by atoms with Crippen LogP contribution in [0.3, 0.4) is 0 Å². The molecule has 1 aromatic rings. The number of hydrogen-bond acceptors (Lipinski definition) is 2. The number of unbranched alkanes of at least 4 members (excludes halogenated alkanes) is 2. The molecule has 0 saturated heterocycles. The quantitative estimate of drug-likeness (QED) is 0.413. The van der Waals surface area contributed by atoms with Crippen molar-refractivity contribution >= 4 is 5.96 Å². The summed E-state index contributed by atoms with van der Waals surface area (Å²) in [5.74, 6) is 0.940. The van der Waals surface area contributed by atoms with Crippen LogP contribution in [0.2, 0.25) is 0 Å². The SMILES string of the molecule is CCCCCNC(=NCCCc1cnn(C)c1)NCC. The van der Waals surface area contributed by atoms with E-state index in [4.69, 9.17) is 0 Å². The fourth-order valence-electron chi connectivity index (χ4n) is 2.00. The Morgan fingerprint density at radius 2 is 2.10 bits per heavy atom. The van der Waals surface area contributed by atoms with Gasteiger partial charge in [-0.2, -0.15) is 5.10 Å². The normalized spacial score (nSPS) is 11.7. The van der Waals surface area contributed by atoms with Crippen LogP contribution in [0.1, 0.15) is 45.1 Å². The number of aromatic nitrogens is 2. The second-order valence-corrected chi connectivity index (χ2v) is 5.02. The molecule has 0 fully saturated rings. The Morgan fingerprint density at radius 1 is 1.25 bits per heavy atom. The molecule has 0 radical (unpaired) electrons. The molecular formula is C15H29N5. The van der Waals surface area contributed by atoms with E-state index in [1.807, 2.05) is 17.9 Å². The maximum Gasteiger partial charge on any atom is 0.191 e. The summed E-state index contributed by atoms with van der Waals surface area (Å²) in [7, 11) is 1.95. The summed E-state index contributed by atoms with van der Waals surface area (Å²) < 4.78 is 1.85. The molecule has 0 amide bonds. The van der Waals surface area contributed by atoms with E-state index >= 15 is 0 Å². The molecule has 0 atom stereocenters. The van der Waals surface area contributed by atoms with E-state index in [1.165, 1.54) is 24.8 Å². The first-order valence-electron chi connectivity index (χ1n) is 7.76. The zero-order valence-corrected chi connectivity index (χ0v) is 13.2. The number of hydrogen-bond donors (Lipinski definition) is 2. The molecule has 0 unspecified atom stereocenters. The van der Waals surface area contributed by atoms with Crippen molar-refractivity contribution in [2.24, 2.45) is 12.0 Å². The molecule has 0 spiro atoms. The topological polar surface area (TPSA) is 54.2 Å². The van der Waals surface area contributed by atoms with Gasteiger partial charge in [0.15, 0.2) is 5.96 Å². The molecule has 20 heavy (non-hydrogen) atoms. The molecule has 5 heteroatoms. The van der Waals surface area contributed by atoms with Gasteiger partial charge in [0.25, 0.3) is 0 Å². The van der Waals surface area contributed by atoms with Gasteiger partial charge in [-0.3, -0.25) is 9.67 Å². The summed E-state index contributed by atoms with van der Waals surface area (Å²) in [6, 6.07) is 0. The molecule has 2 N–H and O–H groups in total. The van der Waals surface area contributed by atoms with E-state index in [2.05, 4.69) is 40.8 Å². The van der Waals surface area contributed by atoms with Crippen molar-refractivity contribution in [2.45, 2.75) is 46.0 Å². The third kappa shape index (κ3) is 7.16. The Balaban J connectivity index is 2.23. The first kappa shape index (κ1) is 16.5. The predicted molar refractivity (Wildman–Crippen MR) is 85.0 cm³/mol. The van der Waals surface area contributed by atoms with Gasteiger partial charge in [-0.1, -0.05) is 19.8 Å². The van der Waals surface area contributed by atoms with E-state index in [0.717, 1.165) is 38.4 Å². The molecule has 1 aromatic heterocycles. The van der Waals surface area contributed by atoms with Crippen molar-refractivity contribution < 1.29 is 0 Å². The number of nitrogens with one attached hydrogen (secondary N) is 2. The average Bonchev–Trinajstić information content (AvgIpc) is 2.85. The summed E-state index contributed by atoms with van der Waals surface area (Å²) in [4.78, 5) is 4.60. The van der Waals surface area contributed by atoms with Gasteiger partial charge in [-0.15, -0.1) is 0 Å². The summed E-state index contributed by atoms with van der Waals surface area (Å²) >= 11 is 0. The molecule has 1 rings (SSSR count). The van der Waals surface area contributed by atoms with E-state index in [-0.39, 0.29) is 0 Å². The lowest BCUT2D eigenvalue weighted by Gasteiger charge is -2.10. The lowest BCUT2D eigenvalue weighted by Crippen LogP contribution is -2.37. The van der Waals surface area contributed by atoms with Gasteiger partial charge in [-0.25, -0.2) is 0 Å². The third-order valence-electron chi connectivity index (χ3n) is 3.07. The molecule has 0 bridgehead atoms. The average molecular weight is 279 g/mol. The van der Waals surface area contributed by atoms with Gasteiger partial charge < -0.3 is 10.6 Å². The molecule has 0 aliphatic carbocycles. The lowest BCUT2D eigenvalue weighted by atomic mass is 10.2.